The molecule has 1 aromatic rings. The van der Waals surface area contributed by atoms with Crippen LogP contribution >= 0.6 is 0 Å². The number of pyridine rings is 1. The Morgan fingerprint density at radius 1 is 1.26 bits per heavy atom. The number of carbonyl (C=O) groups is 1. The number of hydrogen-bond acceptors (Lipinski definition) is 5. The quantitative estimate of drug-likeness (QED) is 0.855. The topological polar surface area (TPSA) is 59.9 Å². The summed E-state index contributed by atoms with van der Waals surface area (Å²) in [5, 5.41) is 9.15. The number of likely N-dealkylation sites (tertiary alicyclic amines) is 1. The number of aliphatic hydroxyl groups excluding tert-OH is 1. The van der Waals surface area contributed by atoms with Gasteiger partial charge in [0.25, 0.3) is 0 Å². The highest BCUT2D eigenvalue weighted by Gasteiger charge is 2.43. The maximum absolute atomic E-state index is 13.0. The van der Waals surface area contributed by atoms with Gasteiger partial charge in [-0.05, 0) is 32.0 Å². The third kappa shape index (κ3) is 4.19. The lowest BCUT2D eigenvalue weighted by Gasteiger charge is -2.49. The molecule has 3 rings (SSSR count). The van der Waals surface area contributed by atoms with E-state index in [0.29, 0.717) is 57.8 Å². The third-order valence-corrected chi connectivity index (χ3v) is 5.77. The Balaban J connectivity index is 1.81. The number of hydrogen-bond donors (Lipinski definition) is 1. The van der Waals surface area contributed by atoms with Crippen LogP contribution in [0.5, 0.6) is 0 Å². The molecule has 9 heteroatoms. The normalized spacial score (nSPS) is 25.1. The molecule has 2 fully saturated rings. The first-order valence-electron chi connectivity index (χ1n) is 9.13. The molecule has 3 heterocycles. The maximum atomic E-state index is 13.0. The molecule has 0 radical (unpaired) electrons. The van der Waals surface area contributed by atoms with Gasteiger partial charge in [-0.1, -0.05) is 0 Å². The highest BCUT2D eigenvalue weighted by atomic mass is 19.4. The lowest BCUT2D eigenvalue weighted by molar-refractivity contribution is -0.137. The zero-order valence-corrected chi connectivity index (χ0v) is 15.4. The van der Waals surface area contributed by atoms with Crippen LogP contribution in [0.3, 0.4) is 0 Å². The van der Waals surface area contributed by atoms with Crippen LogP contribution in [0.4, 0.5) is 19.0 Å². The van der Waals surface area contributed by atoms with Crippen molar-refractivity contribution in [3.8, 4) is 0 Å². The lowest BCUT2D eigenvalue weighted by Crippen LogP contribution is -2.61. The number of nitrogens with zero attached hydrogens (tertiary/aromatic N) is 4. The molecule has 0 saturated carbocycles. The fourth-order valence-corrected chi connectivity index (χ4v) is 4.01. The molecule has 2 saturated heterocycles. The Morgan fingerprint density at radius 3 is 2.74 bits per heavy atom. The minimum Gasteiger partial charge on any atom is -0.395 e. The summed E-state index contributed by atoms with van der Waals surface area (Å²) >= 11 is 0. The predicted molar refractivity (Wildman–Crippen MR) is 94.3 cm³/mol. The number of halogens is 3. The molecule has 2 aliphatic heterocycles. The van der Waals surface area contributed by atoms with E-state index in [0.717, 1.165) is 12.1 Å². The second kappa shape index (κ2) is 7.63. The van der Waals surface area contributed by atoms with Crippen molar-refractivity contribution in [1.29, 1.82) is 0 Å². The van der Waals surface area contributed by atoms with Crippen molar-refractivity contribution >= 4 is 11.7 Å². The standard InChI is InChI=1S/C18H25F3N4O2/c1-23-8-9-25(15-12-14(3-6-22-15)18(19,20)21)13-17(23)4-2-16(27)24(7-5-17)10-11-26/h3,6,12,26H,2,4-5,7-11,13H2,1H3/t17-/m1/s1. The van der Waals surface area contributed by atoms with E-state index >= 15 is 0 Å². The van der Waals surface area contributed by atoms with Crippen molar-refractivity contribution < 1.29 is 23.1 Å². The van der Waals surface area contributed by atoms with Gasteiger partial charge in [-0.25, -0.2) is 4.98 Å². The summed E-state index contributed by atoms with van der Waals surface area (Å²) in [4.78, 5) is 22.2. The first kappa shape index (κ1) is 19.9. The Hall–Kier alpha value is -1.87. The van der Waals surface area contributed by atoms with Crippen LogP contribution < -0.4 is 4.90 Å². The highest BCUT2D eigenvalue weighted by molar-refractivity contribution is 5.76. The number of alkyl halides is 3. The molecule has 0 aliphatic carbocycles. The molecule has 150 valence electrons. The average molecular weight is 386 g/mol. The summed E-state index contributed by atoms with van der Waals surface area (Å²) in [5.41, 5.74) is -1.00. The molecule has 1 N–H and O–H groups in total. The van der Waals surface area contributed by atoms with Gasteiger partial charge in [0.15, 0.2) is 0 Å². The van der Waals surface area contributed by atoms with Crippen LogP contribution in [-0.2, 0) is 11.0 Å². The highest BCUT2D eigenvalue weighted by Crippen LogP contribution is 2.35. The van der Waals surface area contributed by atoms with Crippen LogP contribution in [0.15, 0.2) is 18.3 Å². The van der Waals surface area contributed by atoms with Gasteiger partial charge in [0, 0.05) is 50.9 Å². The first-order chi connectivity index (χ1) is 12.7. The van der Waals surface area contributed by atoms with E-state index in [1.54, 1.807) is 4.90 Å². The summed E-state index contributed by atoms with van der Waals surface area (Å²) in [6, 6.07) is 2.07. The smallest absolute Gasteiger partial charge is 0.395 e. The molecule has 6 nitrogen and oxygen atoms in total. The number of likely N-dealkylation sites (N-methyl/N-ethyl adjacent to an activating group) is 1. The van der Waals surface area contributed by atoms with Crippen molar-refractivity contribution in [2.24, 2.45) is 0 Å². The molecule has 1 aromatic heterocycles. The van der Waals surface area contributed by atoms with Crippen molar-refractivity contribution in [2.75, 3.05) is 51.3 Å². The molecule has 0 aromatic carbocycles. The number of β-amino-alcohol motifs (C(OH)–C–C–N with tert-alkyl or cyclic N) is 1. The monoisotopic (exact) mass is 386 g/mol. The van der Waals surface area contributed by atoms with Crippen molar-refractivity contribution in [3.05, 3.63) is 23.9 Å². The molecule has 0 unspecified atom stereocenters. The molecule has 1 atom stereocenters. The first-order valence-corrected chi connectivity index (χ1v) is 9.13. The van der Waals surface area contributed by atoms with Gasteiger partial charge in [0.05, 0.1) is 12.2 Å². The zero-order valence-electron chi connectivity index (χ0n) is 15.4. The van der Waals surface area contributed by atoms with Crippen LogP contribution in [0.25, 0.3) is 0 Å². The van der Waals surface area contributed by atoms with Crippen LogP contribution in [0.2, 0.25) is 0 Å². The number of anilines is 1. The fourth-order valence-electron chi connectivity index (χ4n) is 4.01. The SMILES string of the molecule is CN1CCN(c2cc(C(F)(F)F)ccn2)C[C@]12CCC(=O)N(CCO)CC2. The second-order valence-electron chi connectivity index (χ2n) is 7.32. The van der Waals surface area contributed by atoms with E-state index in [4.69, 9.17) is 5.11 Å². The minimum atomic E-state index is -4.40. The van der Waals surface area contributed by atoms with Gasteiger partial charge in [-0.3, -0.25) is 9.69 Å². The third-order valence-electron chi connectivity index (χ3n) is 5.77. The summed E-state index contributed by atoms with van der Waals surface area (Å²) in [6.45, 7) is 2.57. The molecule has 2 aliphatic rings. The van der Waals surface area contributed by atoms with E-state index < -0.39 is 11.7 Å². The van der Waals surface area contributed by atoms with Crippen molar-refractivity contribution in [2.45, 2.75) is 31.0 Å². The summed E-state index contributed by atoms with van der Waals surface area (Å²) in [7, 11) is 2.00. The van der Waals surface area contributed by atoms with Crippen LogP contribution in [0, 0.1) is 0 Å². The minimum absolute atomic E-state index is 0.0173. The molecule has 1 amide bonds. The van der Waals surface area contributed by atoms with E-state index in [9.17, 15) is 18.0 Å². The van der Waals surface area contributed by atoms with Gasteiger partial charge < -0.3 is 14.9 Å². The van der Waals surface area contributed by atoms with E-state index in [1.165, 1.54) is 6.20 Å². The Labute approximate surface area is 156 Å². The summed E-state index contributed by atoms with van der Waals surface area (Å²) in [6.07, 6.45) is -1.48. The average Bonchev–Trinajstić information content (AvgIpc) is 2.78. The van der Waals surface area contributed by atoms with Gasteiger partial charge >= 0.3 is 6.18 Å². The number of amides is 1. The Kier molecular flexibility index (Phi) is 5.62. The number of aliphatic hydroxyl groups is 1. The maximum Gasteiger partial charge on any atom is 0.416 e. The van der Waals surface area contributed by atoms with Gasteiger partial charge in [-0.2, -0.15) is 13.2 Å². The molecule has 27 heavy (non-hydrogen) atoms. The predicted octanol–water partition coefficient (Wildman–Crippen LogP) is 1.60. The zero-order chi connectivity index (χ0) is 19.7. The molecular weight excluding hydrogens is 361 g/mol. The Morgan fingerprint density at radius 2 is 2.04 bits per heavy atom. The van der Waals surface area contributed by atoms with Crippen LogP contribution in [-0.4, -0.2) is 77.7 Å². The van der Waals surface area contributed by atoms with Gasteiger partial charge in [0.1, 0.15) is 5.82 Å². The fraction of sp³-hybridized carbons (Fsp3) is 0.667. The largest absolute Gasteiger partial charge is 0.416 e. The van der Waals surface area contributed by atoms with E-state index in [2.05, 4.69) is 9.88 Å². The van der Waals surface area contributed by atoms with E-state index in [-0.39, 0.29) is 18.1 Å². The van der Waals surface area contributed by atoms with Crippen LogP contribution in [0.1, 0.15) is 24.8 Å². The van der Waals surface area contributed by atoms with Gasteiger partial charge in [-0.15, -0.1) is 0 Å². The van der Waals surface area contributed by atoms with E-state index in [1.807, 2.05) is 11.9 Å². The van der Waals surface area contributed by atoms with Gasteiger partial charge in [0.2, 0.25) is 5.91 Å². The molecular formula is C18H25F3N4O2. The van der Waals surface area contributed by atoms with Crippen molar-refractivity contribution in [3.63, 3.8) is 0 Å². The molecule has 0 bridgehead atoms. The summed E-state index contributed by atoms with van der Waals surface area (Å²) in [5.74, 6) is 0.337. The number of aromatic nitrogens is 1. The number of piperazine rings is 1. The van der Waals surface area contributed by atoms with Crippen molar-refractivity contribution in [1.82, 2.24) is 14.8 Å². The second-order valence-corrected chi connectivity index (χ2v) is 7.32. The number of rotatable bonds is 3. The number of carbonyl (C=O) groups excluding carboxylic acids is 1. The lowest BCUT2D eigenvalue weighted by atomic mass is 9.86. The summed E-state index contributed by atoms with van der Waals surface area (Å²) < 4.78 is 39.1. The Bertz CT molecular complexity index is 685. The molecule has 1 spiro atoms.